The smallest absolute Gasteiger partial charge is 0.326 e. The molecule has 18 heavy (non-hydrogen) atoms. The fourth-order valence-electron chi connectivity index (χ4n) is 1.36. The number of anilines is 1. The van der Waals surface area contributed by atoms with Gasteiger partial charge in [0, 0.05) is 10.6 Å². The Labute approximate surface area is 110 Å². The fourth-order valence-corrected chi connectivity index (χ4v) is 1.82. The van der Waals surface area contributed by atoms with Crippen molar-refractivity contribution in [2.75, 3.05) is 11.6 Å². The van der Waals surface area contributed by atoms with E-state index in [9.17, 15) is 9.59 Å². The van der Waals surface area contributed by atoms with Crippen molar-refractivity contribution in [3.05, 3.63) is 24.3 Å². The largest absolute Gasteiger partial charge is 0.480 e. The van der Waals surface area contributed by atoms with Gasteiger partial charge in [0.05, 0.1) is 0 Å². The summed E-state index contributed by atoms with van der Waals surface area (Å²) in [5, 5.41) is 13.8. The zero-order chi connectivity index (χ0) is 13.5. The molecule has 0 aliphatic heterocycles. The van der Waals surface area contributed by atoms with Crippen molar-refractivity contribution >= 4 is 29.4 Å². The summed E-state index contributed by atoms with van der Waals surface area (Å²) in [5.74, 6) is -1.04. The van der Waals surface area contributed by atoms with Crippen molar-refractivity contribution in [3.63, 3.8) is 0 Å². The van der Waals surface area contributed by atoms with Crippen molar-refractivity contribution in [1.29, 1.82) is 0 Å². The molecule has 0 aliphatic carbocycles. The molecule has 1 atom stereocenters. The molecular formula is C12H16N2O3S. The van der Waals surface area contributed by atoms with Crippen molar-refractivity contribution in [3.8, 4) is 0 Å². The lowest BCUT2D eigenvalue weighted by atomic mass is 10.2. The number of carbonyl (C=O) groups excluding carboxylic acids is 1. The van der Waals surface area contributed by atoms with Crippen LogP contribution in [0.4, 0.5) is 10.5 Å². The van der Waals surface area contributed by atoms with Crippen LogP contribution in [0.3, 0.4) is 0 Å². The van der Waals surface area contributed by atoms with Crippen molar-refractivity contribution in [2.45, 2.75) is 24.3 Å². The van der Waals surface area contributed by atoms with Gasteiger partial charge in [-0.2, -0.15) is 0 Å². The van der Waals surface area contributed by atoms with Crippen LogP contribution in [0.2, 0.25) is 0 Å². The highest BCUT2D eigenvalue weighted by atomic mass is 32.2. The summed E-state index contributed by atoms with van der Waals surface area (Å²) in [6.07, 6.45) is 2.28. The van der Waals surface area contributed by atoms with E-state index in [4.69, 9.17) is 5.11 Å². The van der Waals surface area contributed by atoms with E-state index in [1.165, 1.54) is 0 Å². The maximum Gasteiger partial charge on any atom is 0.326 e. The maximum absolute atomic E-state index is 11.6. The average molecular weight is 268 g/mol. The highest BCUT2D eigenvalue weighted by molar-refractivity contribution is 7.98. The number of nitrogens with one attached hydrogen (secondary N) is 2. The van der Waals surface area contributed by atoms with Crippen LogP contribution in [-0.4, -0.2) is 29.4 Å². The second-order valence-corrected chi connectivity index (χ2v) is 4.51. The highest BCUT2D eigenvalue weighted by Gasteiger charge is 2.17. The van der Waals surface area contributed by atoms with E-state index in [0.29, 0.717) is 12.1 Å². The van der Waals surface area contributed by atoms with Gasteiger partial charge in [-0.05, 0) is 30.9 Å². The molecular weight excluding hydrogens is 252 g/mol. The molecule has 0 aliphatic rings. The molecule has 0 saturated carbocycles. The van der Waals surface area contributed by atoms with Gasteiger partial charge >= 0.3 is 12.0 Å². The Bertz CT molecular complexity index is 437. The molecule has 0 aromatic heterocycles. The fraction of sp³-hybridized carbons (Fsp3) is 0.333. The SMILES string of the molecule is CC[C@H](NC(=O)Nc1cccc(SC)c1)C(=O)O. The van der Waals surface area contributed by atoms with Gasteiger partial charge in [-0.1, -0.05) is 13.0 Å². The Hall–Kier alpha value is -1.69. The molecule has 3 N–H and O–H groups in total. The van der Waals surface area contributed by atoms with E-state index in [0.717, 1.165) is 4.90 Å². The van der Waals surface area contributed by atoms with E-state index in [1.807, 2.05) is 24.5 Å². The maximum atomic E-state index is 11.6. The second-order valence-electron chi connectivity index (χ2n) is 3.63. The van der Waals surface area contributed by atoms with Gasteiger partial charge in [0.25, 0.3) is 0 Å². The van der Waals surface area contributed by atoms with E-state index < -0.39 is 18.0 Å². The molecule has 0 fully saturated rings. The molecule has 98 valence electrons. The zero-order valence-electron chi connectivity index (χ0n) is 10.3. The summed E-state index contributed by atoms with van der Waals surface area (Å²) in [6, 6.07) is 5.96. The third-order valence-electron chi connectivity index (χ3n) is 2.34. The Kier molecular flexibility index (Phi) is 5.51. The number of rotatable bonds is 5. The number of benzene rings is 1. The molecule has 1 aromatic carbocycles. The quantitative estimate of drug-likeness (QED) is 0.716. The topological polar surface area (TPSA) is 78.4 Å². The van der Waals surface area contributed by atoms with Gasteiger partial charge in [-0.3, -0.25) is 0 Å². The lowest BCUT2D eigenvalue weighted by Crippen LogP contribution is -2.42. The van der Waals surface area contributed by atoms with Gasteiger partial charge in [0.2, 0.25) is 0 Å². The third kappa shape index (κ3) is 4.29. The number of aliphatic carboxylic acids is 1. The predicted octanol–water partition coefficient (Wildman–Crippen LogP) is 2.39. The number of hydrogen-bond donors (Lipinski definition) is 3. The first-order valence-electron chi connectivity index (χ1n) is 5.51. The van der Waals surface area contributed by atoms with E-state index in [1.54, 1.807) is 24.8 Å². The number of amides is 2. The Balaban J connectivity index is 2.61. The van der Waals surface area contributed by atoms with Gasteiger partial charge in [0.15, 0.2) is 0 Å². The van der Waals surface area contributed by atoms with Crippen LogP contribution < -0.4 is 10.6 Å². The number of carboxylic acids is 1. The van der Waals surface area contributed by atoms with Crippen LogP contribution >= 0.6 is 11.8 Å². The Morgan fingerprint density at radius 1 is 1.44 bits per heavy atom. The molecule has 2 amide bonds. The minimum atomic E-state index is -1.04. The lowest BCUT2D eigenvalue weighted by molar-refractivity contribution is -0.139. The monoisotopic (exact) mass is 268 g/mol. The molecule has 0 spiro atoms. The van der Waals surface area contributed by atoms with Crippen molar-refractivity contribution in [2.24, 2.45) is 0 Å². The second kappa shape index (κ2) is 6.90. The van der Waals surface area contributed by atoms with Crippen LogP contribution in [0, 0.1) is 0 Å². The summed E-state index contributed by atoms with van der Waals surface area (Å²) in [5.41, 5.74) is 0.639. The molecule has 0 bridgehead atoms. The minimum Gasteiger partial charge on any atom is -0.480 e. The molecule has 0 saturated heterocycles. The molecule has 6 heteroatoms. The van der Waals surface area contributed by atoms with Gasteiger partial charge in [0.1, 0.15) is 6.04 Å². The number of urea groups is 1. The Morgan fingerprint density at radius 3 is 2.72 bits per heavy atom. The number of carbonyl (C=O) groups is 2. The summed E-state index contributed by atoms with van der Waals surface area (Å²) < 4.78 is 0. The van der Waals surface area contributed by atoms with Gasteiger partial charge in [-0.15, -0.1) is 11.8 Å². The molecule has 0 heterocycles. The van der Waals surface area contributed by atoms with Gasteiger partial charge < -0.3 is 15.7 Å². The lowest BCUT2D eigenvalue weighted by Gasteiger charge is -2.13. The first-order valence-corrected chi connectivity index (χ1v) is 6.73. The van der Waals surface area contributed by atoms with Gasteiger partial charge in [-0.25, -0.2) is 9.59 Å². The van der Waals surface area contributed by atoms with Crippen molar-refractivity contribution < 1.29 is 14.7 Å². The first-order chi connectivity index (χ1) is 8.56. The standard InChI is InChI=1S/C12H16N2O3S/c1-3-10(11(15)16)14-12(17)13-8-5-4-6-9(7-8)18-2/h4-7,10H,3H2,1-2H3,(H,15,16)(H2,13,14,17)/t10-/m0/s1. The van der Waals surface area contributed by atoms with Crippen LogP contribution in [0.15, 0.2) is 29.2 Å². The van der Waals surface area contributed by atoms with Crippen LogP contribution in [-0.2, 0) is 4.79 Å². The van der Waals surface area contributed by atoms with Crippen LogP contribution in [0.25, 0.3) is 0 Å². The predicted molar refractivity (Wildman–Crippen MR) is 72.1 cm³/mol. The third-order valence-corrected chi connectivity index (χ3v) is 3.06. The molecule has 5 nitrogen and oxygen atoms in total. The zero-order valence-corrected chi connectivity index (χ0v) is 11.1. The van der Waals surface area contributed by atoms with Crippen LogP contribution in [0.1, 0.15) is 13.3 Å². The van der Waals surface area contributed by atoms with E-state index >= 15 is 0 Å². The summed E-state index contributed by atoms with van der Waals surface area (Å²) in [7, 11) is 0. The normalized spacial score (nSPS) is 11.7. The van der Waals surface area contributed by atoms with E-state index in [2.05, 4.69) is 10.6 Å². The van der Waals surface area contributed by atoms with Crippen LogP contribution in [0.5, 0.6) is 0 Å². The van der Waals surface area contributed by atoms with Crippen molar-refractivity contribution in [1.82, 2.24) is 5.32 Å². The molecule has 1 rings (SSSR count). The highest BCUT2D eigenvalue weighted by Crippen LogP contribution is 2.18. The minimum absolute atomic E-state index is 0.341. The first kappa shape index (κ1) is 14.4. The number of hydrogen-bond acceptors (Lipinski definition) is 3. The molecule has 1 aromatic rings. The average Bonchev–Trinajstić information content (AvgIpc) is 2.35. The molecule has 0 unspecified atom stereocenters. The summed E-state index contributed by atoms with van der Waals surface area (Å²) in [4.78, 5) is 23.4. The summed E-state index contributed by atoms with van der Waals surface area (Å²) in [6.45, 7) is 1.70. The molecule has 0 radical (unpaired) electrons. The number of thioether (sulfide) groups is 1. The Morgan fingerprint density at radius 2 is 2.17 bits per heavy atom. The summed E-state index contributed by atoms with van der Waals surface area (Å²) >= 11 is 1.57. The number of carboxylic acid groups (broad SMARTS) is 1. The van der Waals surface area contributed by atoms with E-state index in [-0.39, 0.29) is 0 Å².